The van der Waals surface area contributed by atoms with Crippen molar-refractivity contribution in [2.45, 2.75) is 33.0 Å². The molecule has 0 bridgehead atoms. The minimum atomic E-state index is -0.600. The predicted molar refractivity (Wildman–Crippen MR) is 72.8 cm³/mol. The molecule has 6 heteroatoms. The smallest absolute Gasteiger partial charge is 0.253 e. The molecule has 1 unspecified atom stereocenters. The third kappa shape index (κ3) is 3.54. The van der Waals surface area contributed by atoms with Gasteiger partial charge in [-0.15, -0.1) is 10.2 Å². The van der Waals surface area contributed by atoms with E-state index < -0.39 is 6.10 Å². The lowest BCUT2D eigenvalue weighted by Crippen LogP contribution is -2.01. The highest BCUT2D eigenvalue weighted by Crippen LogP contribution is 2.29. The van der Waals surface area contributed by atoms with Gasteiger partial charge in [0, 0.05) is 16.5 Å². The van der Waals surface area contributed by atoms with Crippen LogP contribution in [-0.2, 0) is 13.0 Å². The van der Waals surface area contributed by atoms with Gasteiger partial charge in [0.1, 0.15) is 5.75 Å². The molecule has 1 N–H and O–H groups in total. The minimum Gasteiger partial charge on any atom is -0.483 e. The Kier molecular flexibility index (Phi) is 4.55. The molecule has 0 saturated heterocycles. The van der Waals surface area contributed by atoms with E-state index in [-0.39, 0.29) is 6.61 Å². The molecular weight excluding hydrogens is 312 g/mol. The summed E-state index contributed by atoms with van der Waals surface area (Å²) < 4.78 is 11.9. The molecule has 0 saturated carbocycles. The van der Waals surface area contributed by atoms with E-state index in [0.29, 0.717) is 24.0 Å². The van der Waals surface area contributed by atoms with E-state index in [1.165, 1.54) is 0 Å². The highest BCUT2D eigenvalue weighted by atomic mass is 79.9. The molecule has 1 aromatic carbocycles. The van der Waals surface area contributed by atoms with Crippen molar-refractivity contribution in [1.29, 1.82) is 0 Å². The average molecular weight is 327 g/mol. The maximum Gasteiger partial charge on any atom is 0.253 e. The highest BCUT2D eigenvalue weighted by molar-refractivity contribution is 9.10. The molecular formula is C13H15BrN2O3. The summed E-state index contributed by atoms with van der Waals surface area (Å²) in [6.45, 7) is 3.82. The lowest BCUT2D eigenvalue weighted by Gasteiger charge is -2.12. The van der Waals surface area contributed by atoms with Crippen molar-refractivity contribution in [3.8, 4) is 5.75 Å². The van der Waals surface area contributed by atoms with E-state index in [4.69, 9.17) is 9.15 Å². The Hall–Kier alpha value is -1.40. The summed E-state index contributed by atoms with van der Waals surface area (Å²) in [5, 5.41) is 17.4. The number of hydrogen-bond acceptors (Lipinski definition) is 5. The lowest BCUT2D eigenvalue weighted by atomic mass is 10.1. The van der Waals surface area contributed by atoms with Crippen LogP contribution in [0.15, 0.2) is 27.1 Å². The molecule has 19 heavy (non-hydrogen) atoms. The lowest BCUT2D eigenvalue weighted by molar-refractivity contribution is 0.186. The number of benzene rings is 1. The summed E-state index contributed by atoms with van der Waals surface area (Å²) in [4.78, 5) is 0. The molecule has 5 nitrogen and oxygen atoms in total. The maximum atomic E-state index is 9.69. The molecule has 0 aliphatic rings. The van der Waals surface area contributed by atoms with Gasteiger partial charge < -0.3 is 14.3 Å². The predicted octanol–water partition coefficient (Wildman–Crippen LogP) is 3.03. The number of aryl methyl sites for hydroxylation is 1. The Balaban J connectivity index is 2.12. The molecule has 1 aromatic heterocycles. The van der Waals surface area contributed by atoms with Crippen molar-refractivity contribution in [2.75, 3.05) is 0 Å². The van der Waals surface area contributed by atoms with E-state index >= 15 is 0 Å². The number of aliphatic hydroxyl groups is 1. The number of ether oxygens (including phenoxy) is 1. The molecule has 0 fully saturated rings. The first-order valence-electron chi connectivity index (χ1n) is 6.01. The first kappa shape index (κ1) is 14.0. The summed E-state index contributed by atoms with van der Waals surface area (Å²) in [7, 11) is 0. The molecule has 0 radical (unpaired) electrons. The van der Waals surface area contributed by atoms with Crippen molar-refractivity contribution in [3.05, 3.63) is 40.0 Å². The summed E-state index contributed by atoms with van der Waals surface area (Å²) in [6, 6.07) is 5.48. The van der Waals surface area contributed by atoms with Crippen LogP contribution in [0.1, 0.15) is 37.3 Å². The average Bonchev–Trinajstić information content (AvgIpc) is 2.84. The normalized spacial score (nSPS) is 12.4. The molecule has 2 rings (SSSR count). The number of halogens is 1. The topological polar surface area (TPSA) is 68.4 Å². The molecule has 0 aliphatic heterocycles. The van der Waals surface area contributed by atoms with Crippen LogP contribution in [-0.4, -0.2) is 15.3 Å². The van der Waals surface area contributed by atoms with Crippen molar-refractivity contribution in [1.82, 2.24) is 10.2 Å². The van der Waals surface area contributed by atoms with Crippen molar-refractivity contribution in [2.24, 2.45) is 0 Å². The van der Waals surface area contributed by atoms with Gasteiger partial charge in [-0.25, -0.2) is 0 Å². The standard InChI is InChI=1S/C13H15BrN2O3/c1-3-12-15-16-13(19-12)7-18-11-6-9(14)4-5-10(11)8(2)17/h4-6,8,17H,3,7H2,1-2H3. The van der Waals surface area contributed by atoms with Gasteiger partial charge in [-0.1, -0.05) is 28.9 Å². The number of hydrogen-bond donors (Lipinski definition) is 1. The van der Waals surface area contributed by atoms with E-state index in [1.54, 1.807) is 13.0 Å². The molecule has 1 heterocycles. The van der Waals surface area contributed by atoms with Gasteiger partial charge in [0.2, 0.25) is 5.89 Å². The van der Waals surface area contributed by atoms with Gasteiger partial charge in [-0.2, -0.15) is 0 Å². The fraction of sp³-hybridized carbons (Fsp3) is 0.385. The van der Waals surface area contributed by atoms with Gasteiger partial charge >= 0.3 is 0 Å². The Bertz CT molecular complexity index is 555. The number of aromatic nitrogens is 2. The summed E-state index contributed by atoms with van der Waals surface area (Å²) in [6.07, 6.45) is 0.0972. The quantitative estimate of drug-likeness (QED) is 0.914. The third-order valence-corrected chi connectivity index (χ3v) is 3.08. The largest absolute Gasteiger partial charge is 0.483 e. The zero-order chi connectivity index (χ0) is 13.8. The number of nitrogens with zero attached hydrogens (tertiary/aromatic N) is 2. The third-order valence-electron chi connectivity index (χ3n) is 2.59. The van der Waals surface area contributed by atoms with Gasteiger partial charge in [0.05, 0.1) is 6.10 Å². The van der Waals surface area contributed by atoms with Crippen LogP contribution < -0.4 is 4.74 Å². The Morgan fingerprint density at radius 1 is 1.37 bits per heavy atom. The van der Waals surface area contributed by atoms with Gasteiger partial charge in [0.15, 0.2) is 6.61 Å². The van der Waals surface area contributed by atoms with Crippen LogP contribution in [0, 0.1) is 0 Å². The van der Waals surface area contributed by atoms with Crippen molar-refractivity contribution >= 4 is 15.9 Å². The summed E-state index contributed by atoms with van der Waals surface area (Å²) >= 11 is 3.37. The Morgan fingerprint density at radius 2 is 2.11 bits per heavy atom. The van der Waals surface area contributed by atoms with Crippen LogP contribution in [0.5, 0.6) is 5.75 Å². The molecule has 102 valence electrons. The molecule has 0 amide bonds. The Morgan fingerprint density at radius 3 is 2.74 bits per heavy atom. The van der Waals surface area contributed by atoms with E-state index in [1.807, 2.05) is 19.1 Å². The Labute approximate surface area is 119 Å². The molecule has 0 aliphatic carbocycles. The zero-order valence-corrected chi connectivity index (χ0v) is 12.3. The fourth-order valence-corrected chi connectivity index (χ4v) is 1.95. The highest BCUT2D eigenvalue weighted by Gasteiger charge is 2.11. The molecule has 1 atom stereocenters. The SMILES string of the molecule is CCc1nnc(COc2cc(Br)ccc2C(C)O)o1. The van der Waals surface area contributed by atoms with Crippen molar-refractivity contribution < 1.29 is 14.3 Å². The van der Waals surface area contributed by atoms with Crippen LogP contribution >= 0.6 is 15.9 Å². The van der Waals surface area contributed by atoms with Gasteiger partial charge in [0.25, 0.3) is 5.89 Å². The van der Waals surface area contributed by atoms with E-state index in [9.17, 15) is 5.11 Å². The van der Waals surface area contributed by atoms with Gasteiger partial charge in [-0.3, -0.25) is 0 Å². The van der Waals surface area contributed by atoms with Crippen LogP contribution in [0.4, 0.5) is 0 Å². The van der Waals surface area contributed by atoms with Gasteiger partial charge in [-0.05, 0) is 19.1 Å². The van der Waals surface area contributed by atoms with Crippen LogP contribution in [0.2, 0.25) is 0 Å². The first-order valence-corrected chi connectivity index (χ1v) is 6.81. The monoisotopic (exact) mass is 326 g/mol. The second-order valence-electron chi connectivity index (χ2n) is 4.09. The van der Waals surface area contributed by atoms with E-state index in [2.05, 4.69) is 26.1 Å². The first-order chi connectivity index (χ1) is 9.10. The molecule has 2 aromatic rings. The maximum absolute atomic E-state index is 9.69. The van der Waals surface area contributed by atoms with Crippen LogP contribution in [0.3, 0.4) is 0 Å². The van der Waals surface area contributed by atoms with Crippen molar-refractivity contribution in [3.63, 3.8) is 0 Å². The molecule has 0 spiro atoms. The van der Waals surface area contributed by atoms with E-state index in [0.717, 1.165) is 10.0 Å². The summed E-state index contributed by atoms with van der Waals surface area (Å²) in [5.41, 5.74) is 0.721. The second kappa shape index (κ2) is 6.16. The number of aliphatic hydroxyl groups excluding tert-OH is 1. The number of rotatable bonds is 5. The fourth-order valence-electron chi connectivity index (χ4n) is 1.61. The second-order valence-corrected chi connectivity index (χ2v) is 5.01. The summed E-state index contributed by atoms with van der Waals surface area (Å²) in [5.74, 6) is 1.61. The zero-order valence-electron chi connectivity index (χ0n) is 10.8. The van der Waals surface area contributed by atoms with Crippen LogP contribution in [0.25, 0.3) is 0 Å². The minimum absolute atomic E-state index is 0.184.